The van der Waals surface area contributed by atoms with Crippen molar-refractivity contribution >= 4 is 37.4 Å². The molecule has 0 aliphatic heterocycles. The maximum Gasteiger partial charge on any atom is 0.266 e. The van der Waals surface area contributed by atoms with Crippen molar-refractivity contribution in [3.05, 3.63) is 70.9 Å². The first-order valence-electron chi connectivity index (χ1n) is 7.53. The number of carbonyl (C=O) groups excluding carboxylic acids is 1. The number of carbonyl (C=O) groups is 1. The number of thiophene rings is 1. The molecule has 1 atom stereocenters. The molecule has 0 bridgehead atoms. The Hall–Kier alpha value is -2.33. The summed E-state index contributed by atoms with van der Waals surface area (Å²) in [6.45, 7) is 0. The van der Waals surface area contributed by atoms with E-state index in [9.17, 15) is 17.6 Å². The first-order chi connectivity index (χ1) is 12.4. The molecule has 3 N–H and O–H groups in total. The van der Waals surface area contributed by atoms with Crippen LogP contribution in [0.2, 0.25) is 0 Å². The zero-order valence-electron chi connectivity index (χ0n) is 13.3. The van der Waals surface area contributed by atoms with E-state index in [1.54, 1.807) is 23.5 Å². The van der Waals surface area contributed by atoms with Crippen LogP contribution in [0.25, 0.3) is 10.1 Å². The molecule has 3 rings (SSSR count). The van der Waals surface area contributed by atoms with Crippen molar-refractivity contribution in [2.45, 2.75) is 11.8 Å². The molecule has 0 saturated heterocycles. The van der Waals surface area contributed by atoms with Gasteiger partial charge in [-0.25, -0.2) is 18.3 Å². The van der Waals surface area contributed by atoms with Gasteiger partial charge in [-0.3, -0.25) is 10.0 Å². The van der Waals surface area contributed by atoms with Crippen LogP contribution in [-0.4, -0.2) is 19.5 Å². The van der Waals surface area contributed by atoms with E-state index in [1.165, 1.54) is 23.7 Å². The van der Waals surface area contributed by atoms with Crippen molar-refractivity contribution in [2.75, 3.05) is 0 Å². The summed E-state index contributed by atoms with van der Waals surface area (Å²) in [7, 11) is -3.94. The maximum absolute atomic E-state index is 13.4. The molecular weight excluding hydrogens is 379 g/mol. The summed E-state index contributed by atoms with van der Waals surface area (Å²) in [5, 5.41) is 11.7. The Labute approximate surface area is 153 Å². The number of benzene rings is 2. The normalized spacial score (nSPS) is 12.8. The molecule has 0 aliphatic rings. The Bertz CT molecular complexity index is 1050. The van der Waals surface area contributed by atoms with Crippen LogP contribution in [0.5, 0.6) is 0 Å². The third kappa shape index (κ3) is 4.25. The smallest absolute Gasteiger partial charge is 0.266 e. The van der Waals surface area contributed by atoms with E-state index in [0.29, 0.717) is 5.56 Å². The van der Waals surface area contributed by atoms with Gasteiger partial charge in [-0.2, -0.15) is 4.72 Å². The van der Waals surface area contributed by atoms with Gasteiger partial charge < -0.3 is 0 Å². The van der Waals surface area contributed by atoms with E-state index in [-0.39, 0.29) is 11.3 Å². The Morgan fingerprint density at radius 1 is 1.19 bits per heavy atom. The van der Waals surface area contributed by atoms with E-state index in [0.717, 1.165) is 16.2 Å². The summed E-state index contributed by atoms with van der Waals surface area (Å²) in [6.07, 6.45) is 0. The van der Waals surface area contributed by atoms with Gasteiger partial charge in [-0.05, 0) is 52.2 Å². The molecule has 1 aromatic heterocycles. The largest absolute Gasteiger partial charge is 0.289 e. The molecule has 3 aromatic rings. The van der Waals surface area contributed by atoms with Gasteiger partial charge in [0, 0.05) is 4.70 Å². The molecule has 1 amide bonds. The minimum absolute atomic E-state index is 0.0772. The molecule has 26 heavy (non-hydrogen) atoms. The second kappa shape index (κ2) is 7.50. The van der Waals surface area contributed by atoms with Crippen LogP contribution in [0.4, 0.5) is 4.39 Å². The van der Waals surface area contributed by atoms with Crippen molar-refractivity contribution < 1.29 is 22.8 Å². The Kier molecular flexibility index (Phi) is 5.33. The second-order valence-electron chi connectivity index (χ2n) is 5.63. The lowest BCUT2D eigenvalue weighted by Gasteiger charge is -2.17. The number of hydroxylamine groups is 1. The number of hydrogen-bond donors (Lipinski definition) is 3. The van der Waals surface area contributed by atoms with E-state index < -0.39 is 27.8 Å². The number of amides is 1. The molecule has 6 nitrogen and oxygen atoms in total. The highest BCUT2D eigenvalue weighted by molar-refractivity contribution is 7.88. The number of nitrogens with one attached hydrogen (secondary N) is 2. The zero-order valence-corrected chi connectivity index (χ0v) is 15.0. The average molecular weight is 394 g/mol. The lowest BCUT2D eigenvalue weighted by molar-refractivity contribution is -0.131. The molecule has 0 aliphatic carbocycles. The van der Waals surface area contributed by atoms with Gasteiger partial charge in [0.15, 0.2) is 0 Å². The maximum atomic E-state index is 13.4. The van der Waals surface area contributed by atoms with Gasteiger partial charge >= 0.3 is 0 Å². The van der Waals surface area contributed by atoms with E-state index in [4.69, 9.17) is 5.21 Å². The highest BCUT2D eigenvalue weighted by atomic mass is 32.2. The third-order valence-electron chi connectivity index (χ3n) is 3.73. The lowest BCUT2D eigenvalue weighted by Crippen LogP contribution is -2.39. The molecule has 136 valence electrons. The van der Waals surface area contributed by atoms with Gasteiger partial charge in [0.05, 0.1) is 5.75 Å². The topological polar surface area (TPSA) is 95.5 Å². The van der Waals surface area contributed by atoms with Gasteiger partial charge in [-0.15, -0.1) is 11.3 Å². The fraction of sp³-hybridized carbons (Fsp3) is 0.118. The van der Waals surface area contributed by atoms with Crippen molar-refractivity contribution in [1.29, 1.82) is 0 Å². The summed E-state index contributed by atoms with van der Waals surface area (Å²) < 4.78 is 41.7. The molecule has 1 heterocycles. The van der Waals surface area contributed by atoms with Crippen LogP contribution in [-0.2, 0) is 20.6 Å². The predicted octanol–water partition coefficient (Wildman–Crippen LogP) is 2.71. The Morgan fingerprint density at radius 2 is 2.00 bits per heavy atom. The van der Waals surface area contributed by atoms with Crippen molar-refractivity contribution in [3.63, 3.8) is 0 Å². The van der Waals surface area contributed by atoms with Gasteiger partial charge in [0.1, 0.15) is 11.9 Å². The summed E-state index contributed by atoms with van der Waals surface area (Å²) >= 11 is 1.55. The van der Waals surface area contributed by atoms with Crippen LogP contribution in [0, 0.1) is 5.82 Å². The van der Waals surface area contributed by atoms with Crippen LogP contribution in [0.15, 0.2) is 53.9 Å². The standard InChI is InChI=1S/C17H15FN2O4S2/c18-14-3-1-2-13(9-14)16(17(21)19-22)20-26(23,24)10-11-4-5-15-12(8-11)6-7-25-15/h1-9,16,20,22H,10H2,(H,19,21). The van der Waals surface area contributed by atoms with Crippen LogP contribution in [0.1, 0.15) is 17.2 Å². The fourth-order valence-electron chi connectivity index (χ4n) is 2.57. The lowest BCUT2D eigenvalue weighted by atomic mass is 10.1. The van der Waals surface area contributed by atoms with E-state index in [1.807, 2.05) is 17.5 Å². The molecular formula is C17H15FN2O4S2. The van der Waals surface area contributed by atoms with Crippen molar-refractivity contribution in [1.82, 2.24) is 10.2 Å². The van der Waals surface area contributed by atoms with E-state index >= 15 is 0 Å². The van der Waals surface area contributed by atoms with Crippen molar-refractivity contribution in [2.24, 2.45) is 0 Å². The molecule has 0 saturated carbocycles. The van der Waals surface area contributed by atoms with E-state index in [2.05, 4.69) is 4.72 Å². The summed E-state index contributed by atoms with van der Waals surface area (Å²) in [4.78, 5) is 11.9. The zero-order chi connectivity index (χ0) is 18.7. The number of halogens is 1. The molecule has 1 unspecified atom stereocenters. The minimum atomic E-state index is -3.94. The van der Waals surface area contributed by atoms with Crippen LogP contribution in [0.3, 0.4) is 0 Å². The summed E-state index contributed by atoms with van der Waals surface area (Å²) in [5.74, 6) is -1.99. The number of sulfonamides is 1. The first kappa shape index (κ1) is 18.5. The quantitative estimate of drug-likeness (QED) is 0.442. The van der Waals surface area contributed by atoms with Gasteiger partial charge in [0.2, 0.25) is 10.0 Å². The number of hydrogen-bond acceptors (Lipinski definition) is 5. The Balaban J connectivity index is 1.85. The number of rotatable bonds is 6. The molecule has 0 radical (unpaired) electrons. The summed E-state index contributed by atoms with van der Waals surface area (Å²) in [5.41, 5.74) is 2.03. The molecule has 0 spiro atoms. The van der Waals surface area contributed by atoms with Crippen LogP contribution >= 0.6 is 11.3 Å². The minimum Gasteiger partial charge on any atom is -0.289 e. The SMILES string of the molecule is O=C(NO)C(NS(=O)(=O)Cc1ccc2sccc2c1)c1cccc(F)c1. The highest BCUT2D eigenvalue weighted by Gasteiger charge is 2.26. The summed E-state index contributed by atoms with van der Waals surface area (Å²) in [6, 6.07) is 10.7. The second-order valence-corrected chi connectivity index (χ2v) is 8.34. The predicted molar refractivity (Wildman–Crippen MR) is 96.7 cm³/mol. The molecule has 2 aromatic carbocycles. The monoisotopic (exact) mass is 394 g/mol. The highest BCUT2D eigenvalue weighted by Crippen LogP contribution is 2.23. The molecule has 9 heteroatoms. The first-order valence-corrected chi connectivity index (χ1v) is 10.1. The van der Waals surface area contributed by atoms with Crippen molar-refractivity contribution in [3.8, 4) is 0 Å². The fourth-order valence-corrected chi connectivity index (χ4v) is 4.65. The van der Waals surface area contributed by atoms with Gasteiger partial charge in [0.25, 0.3) is 5.91 Å². The number of fused-ring (bicyclic) bond motifs is 1. The van der Waals surface area contributed by atoms with Crippen LogP contribution < -0.4 is 10.2 Å². The Morgan fingerprint density at radius 3 is 2.73 bits per heavy atom. The average Bonchev–Trinajstić information content (AvgIpc) is 3.06. The van der Waals surface area contributed by atoms with Gasteiger partial charge in [-0.1, -0.05) is 18.2 Å². The molecule has 0 fully saturated rings. The third-order valence-corrected chi connectivity index (χ3v) is 5.93.